The van der Waals surface area contributed by atoms with E-state index in [1.807, 2.05) is 35.5 Å². The Morgan fingerprint density at radius 2 is 2.22 bits per heavy atom. The predicted molar refractivity (Wildman–Crippen MR) is 85.8 cm³/mol. The summed E-state index contributed by atoms with van der Waals surface area (Å²) in [6.45, 7) is 2.06. The number of carbonyl (C=O) groups excluding carboxylic acids is 1. The molecule has 2 N–H and O–H groups in total. The van der Waals surface area contributed by atoms with Crippen molar-refractivity contribution in [2.45, 2.75) is 38.5 Å². The molecule has 1 atom stereocenters. The van der Waals surface area contributed by atoms with Crippen molar-refractivity contribution in [3.63, 3.8) is 0 Å². The molecule has 0 radical (unpaired) electrons. The van der Waals surface area contributed by atoms with Gasteiger partial charge in [-0.05, 0) is 42.5 Å². The Balaban J connectivity index is 1.51. The number of nitrogens with zero attached hydrogens (tertiary/aromatic N) is 2. The maximum Gasteiger partial charge on any atom is 0.322 e. The highest BCUT2D eigenvalue weighted by atomic mass is 16.5. The van der Waals surface area contributed by atoms with Gasteiger partial charge in [0.25, 0.3) is 0 Å². The van der Waals surface area contributed by atoms with Gasteiger partial charge in [-0.15, -0.1) is 0 Å². The maximum atomic E-state index is 12.7. The van der Waals surface area contributed by atoms with Gasteiger partial charge in [0.05, 0.1) is 25.5 Å². The lowest BCUT2D eigenvalue weighted by molar-refractivity contribution is 0.134. The van der Waals surface area contributed by atoms with Crippen molar-refractivity contribution in [1.82, 2.24) is 15.1 Å². The molecule has 6 heteroatoms. The summed E-state index contributed by atoms with van der Waals surface area (Å²) in [7, 11) is 0. The SMILES string of the molecule is O=C(Nc1ccc2c(c1)COC2)N1CCCC[C@H]1c1cn[nH]c1. The van der Waals surface area contributed by atoms with Crippen molar-refractivity contribution < 1.29 is 9.53 Å². The van der Waals surface area contributed by atoms with Crippen LogP contribution in [0.2, 0.25) is 0 Å². The second-order valence-electron chi connectivity index (χ2n) is 6.14. The van der Waals surface area contributed by atoms with Crippen LogP contribution in [0.1, 0.15) is 42.0 Å². The number of aromatic nitrogens is 2. The van der Waals surface area contributed by atoms with E-state index in [2.05, 4.69) is 15.5 Å². The number of H-pyrrole nitrogens is 1. The number of carbonyl (C=O) groups is 1. The topological polar surface area (TPSA) is 70.2 Å². The van der Waals surface area contributed by atoms with Gasteiger partial charge in [0.1, 0.15) is 0 Å². The molecule has 1 aromatic heterocycles. The number of piperidine rings is 1. The number of aromatic amines is 1. The molecule has 23 heavy (non-hydrogen) atoms. The molecular formula is C17H20N4O2. The molecule has 2 aromatic rings. The smallest absolute Gasteiger partial charge is 0.322 e. The van der Waals surface area contributed by atoms with Crippen molar-refractivity contribution in [1.29, 1.82) is 0 Å². The molecule has 0 unspecified atom stereocenters. The number of fused-ring (bicyclic) bond motifs is 1. The maximum absolute atomic E-state index is 12.7. The highest BCUT2D eigenvalue weighted by Crippen LogP contribution is 2.31. The zero-order chi connectivity index (χ0) is 15.6. The first-order chi connectivity index (χ1) is 11.3. The van der Waals surface area contributed by atoms with Crippen molar-refractivity contribution in [2.24, 2.45) is 0 Å². The fourth-order valence-electron chi connectivity index (χ4n) is 3.41. The average molecular weight is 312 g/mol. The van der Waals surface area contributed by atoms with Crippen molar-refractivity contribution in [3.8, 4) is 0 Å². The number of hydrogen-bond acceptors (Lipinski definition) is 3. The van der Waals surface area contributed by atoms with E-state index < -0.39 is 0 Å². The second kappa shape index (κ2) is 6.04. The lowest BCUT2D eigenvalue weighted by Gasteiger charge is -2.35. The number of amides is 2. The van der Waals surface area contributed by atoms with Crippen LogP contribution >= 0.6 is 0 Å². The van der Waals surface area contributed by atoms with Crippen LogP contribution in [0, 0.1) is 0 Å². The molecule has 2 aliphatic heterocycles. The molecule has 4 rings (SSSR count). The third-order valence-corrected chi connectivity index (χ3v) is 4.64. The van der Waals surface area contributed by atoms with Crippen LogP contribution in [0.15, 0.2) is 30.6 Å². The summed E-state index contributed by atoms with van der Waals surface area (Å²) in [6.07, 6.45) is 6.84. The van der Waals surface area contributed by atoms with E-state index in [0.29, 0.717) is 13.2 Å². The van der Waals surface area contributed by atoms with Gasteiger partial charge in [0.2, 0.25) is 0 Å². The number of benzene rings is 1. The number of likely N-dealkylation sites (tertiary alicyclic amines) is 1. The molecule has 0 saturated carbocycles. The summed E-state index contributed by atoms with van der Waals surface area (Å²) < 4.78 is 5.42. The van der Waals surface area contributed by atoms with Crippen molar-refractivity contribution >= 4 is 11.7 Å². The number of ether oxygens (including phenoxy) is 1. The van der Waals surface area contributed by atoms with Gasteiger partial charge in [-0.3, -0.25) is 5.10 Å². The van der Waals surface area contributed by atoms with E-state index in [0.717, 1.165) is 42.6 Å². The van der Waals surface area contributed by atoms with Gasteiger partial charge in [0.15, 0.2) is 0 Å². The molecule has 0 aliphatic carbocycles. The Hall–Kier alpha value is -2.34. The molecule has 1 fully saturated rings. The molecule has 120 valence electrons. The first kappa shape index (κ1) is 14.3. The third kappa shape index (κ3) is 2.82. The minimum Gasteiger partial charge on any atom is -0.372 e. The number of hydrogen-bond donors (Lipinski definition) is 2. The molecule has 2 amide bonds. The monoisotopic (exact) mass is 312 g/mol. The summed E-state index contributed by atoms with van der Waals surface area (Å²) in [5, 5.41) is 9.89. The minimum atomic E-state index is -0.0465. The fraction of sp³-hybridized carbons (Fsp3) is 0.412. The van der Waals surface area contributed by atoms with Gasteiger partial charge in [-0.1, -0.05) is 6.07 Å². The quantitative estimate of drug-likeness (QED) is 0.894. The standard InChI is InChI=1S/C17H20N4O2/c22-17(20-15-5-4-12-10-23-11-13(12)7-15)21-6-2-1-3-16(21)14-8-18-19-9-14/h4-5,7-9,16H,1-3,6,10-11H2,(H,18,19)(H,20,22)/t16-/m0/s1. The summed E-state index contributed by atoms with van der Waals surface area (Å²) in [5.41, 5.74) is 4.27. The first-order valence-corrected chi connectivity index (χ1v) is 8.07. The first-order valence-electron chi connectivity index (χ1n) is 8.07. The summed E-state index contributed by atoms with van der Waals surface area (Å²) in [6, 6.07) is 6.04. The average Bonchev–Trinajstić information content (AvgIpc) is 3.26. The molecule has 1 saturated heterocycles. The van der Waals surface area contributed by atoms with Crippen LogP contribution in [0.25, 0.3) is 0 Å². The zero-order valence-corrected chi connectivity index (χ0v) is 12.9. The molecule has 1 aromatic carbocycles. The predicted octanol–water partition coefficient (Wildman–Crippen LogP) is 3.20. The van der Waals surface area contributed by atoms with E-state index in [-0.39, 0.29) is 12.1 Å². The van der Waals surface area contributed by atoms with Gasteiger partial charge in [-0.25, -0.2) is 4.79 Å². The minimum absolute atomic E-state index is 0.0465. The Kier molecular flexibility index (Phi) is 3.75. The normalized spacial score (nSPS) is 20.3. The van der Waals surface area contributed by atoms with E-state index in [4.69, 9.17) is 4.74 Å². The summed E-state index contributed by atoms with van der Waals surface area (Å²) in [5.74, 6) is 0. The van der Waals surface area contributed by atoms with Gasteiger partial charge >= 0.3 is 6.03 Å². The third-order valence-electron chi connectivity index (χ3n) is 4.64. The molecule has 0 bridgehead atoms. The van der Waals surface area contributed by atoms with E-state index in [9.17, 15) is 4.79 Å². The Morgan fingerprint density at radius 1 is 1.30 bits per heavy atom. The van der Waals surface area contributed by atoms with E-state index >= 15 is 0 Å². The Morgan fingerprint density at radius 3 is 3.09 bits per heavy atom. The van der Waals surface area contributed by atoms with Crippen molar-refractivity contribution in [2.75, 3.05) is 11.9 Å². The lowest BCUT2D eigenvalue weighted by atomic mass is 9.98. The lowest BCUT2D eigenvalue weighted by Crippen LogP contribution is -2.41. The number of urea groups is 1. The number of rotatable bonds is 2. The zero-order valence-electron chi connectivity index (χ0n) is 12.9. The number of anilines is 1. The highest BCUT2D eigenvalue weighted by Gasteiger charge is 2.28. The molecule has 2 aliphatic rings. The van der Waals surface area contributed by atoms with Crippen LogP contribution < -0.4 is 5.32 Å². The van der Waals surface area contributed by atoms with Crippen LogP contribution in [0.5, 0.6) is 0 Å². The Labute approximate surface area is 134 Å². The van der Waals surface area contributed by atoms with E-state index in [1.165, 1.54) is 5.56 Å². The van der Waals surface area contributed by atoms with Gasteiger partial charge in [-0.2, -0.15) is 5.10 Å². The number of nitrogens with one attached hydrogen (secondary N) is 2. The summed E-state index contributed by atoms with van der Waals surface area (Å²) >= 11 is 0. The molecule has 0 spiro atoms. The highest BCUT2D eigenvalue weighted by molar-refractivity contribution is 5.89. The van der Waals surface area contributed by atoms with Gasteiger partial charge in [0, 0.05) is 24.0 Å². The molecular weight excluding hydrogens is 292 g/mol. The van der Waals surface area contributed by atoms with Crippen LogP contribution in [0.4, 0.5) is 10.5 Å². The van der Waals surface area contributed by atoms with Gasteiger partial charge < -0.3 is 15.0 Å². The van der Waals surface area contributed by atoms with Crippen LogP contribution in [0.3, 0.4) is 0 Å². The largest absolute Gasteiger partial charge is 0.372 e. The van der Waals surface area contributed by atoms with E-state index in [1.54, 1.807) is 0 Å². The fourth-order valence-corrected chi connectivity index (χ4v) is 3.41. The summed E-state index contributed by atoms with van der Waals surface area (Å²) in [4.78, 5) is 14.6. The van der Waals surface area contributed by atoms with Crippen molar-refractivity contribution in [3.05, 3.63) is 47.3 Å². The molecule has 3 heterocycles. The Bertz CT molecular complexity index is 699. The molecule has 6 nitrogen and oxygen atoms in total. The second-order valence-corrected chi connectivity index (χ2v) is 6.14. The van der Waals surface area contributed by atoms with Crippen LogP contribution in [-0.2, 0) is 18.0 Å². The van der Waals surface area contributed by atoms with Crippen LogP contribution in [-0.4, -0.2) is 27.7 Å².